The van der Waals surface area contributed by atoms with Gasteiger partial charge in [0.15, 0.2) is 0 Å². The van der Waals surface area contributed by atoms with Crippen LogP contribution in [0.2, 0.25) is 0 Å². The average molecular weight is 416 g/mol. The monoisotopic (exact) mass is 416 g/mol. The molecule has 28 heavy (non-hydrogen) atoms. The number of carbonyl (C=O) groups excluding carboxylic acids is 1. The smallest absolute Gasteiger partial charge is 0.325 e. The van der Waals surface area contributed by atoms with Crippen molar-refractivity contribution >= 4 is 36.2 Å². The SMILES string of the molecule is CP(=O)(O)OCCc1ccc(C(=O)Nc2cc(-c3cccs3)ccc2N)cc1. The number of thiophene rings is 1. The first-order chi connectivity index (χ1) is 13.3. The molecule has 2 aromatic carbocycles. The Morgan fingerprint density at radius 2 is 1.96 bits per heavy atom. The van der Waals surface area contributed by atoms with Crippen molar-refractivity contribution in [1.29, 1.82) is 0 Å². The molecule has 8 heteroatoms. The van der Waals surface area contributed by atoms with Gasteiger partial charge in [0.05, 0.1) is 18.0 Å². The summed E-state index contributed by atoms with van der Waals surface area (Å²) < 4.78 is 16.0. The number of anilines is 2. The van der Waals surface area contributed by atoms with Crippen LogP contribution in [0.3, 0.4) is 0 Å². The number of carbonyl (C=O) groups is 1. The fourth-order valence-electron chi connectivity index (χ4n) is 2.61. The third-order valence-electron chi connectivity index (χ3n) is 4.04. The molecule has 1 aromatic heterocycles. The molecule has 0 aliphatic rings. The van der Waals surface area contributed by atoms with Gasteiger partial charge in [-0.2, -0.15) is 0 Å². The summed E-state index contributed by atoms with van der Waals surface area (Å²) in [6.45, 7) is 1.29. The summed E-state index contributed by atoms with van der Waals surface area (Å²) in [5.41, 5.74) is 9.47. The van der Waals surface area contributed by atoms with Gasteiger partial charge in [-0.25, -0.2) is 0 Å². The minimum Gasteiger partial charge on any atom is -0.397 e. The molecule has 0 fully saturated rings. The maximum absolute atomic E-state index is 12.6. The molecule has 0 radical (unpaired) electrons. The maximum Gasteiger partial charge on any atom is 0.325 e. The van der Waals surface area contributed by atoms with E-state index in [0.29, 0.717) is 23.4 Å². The molecule has 1 heterocycles. The topological polar surface area (TPSA) is 102 Å². The Morgan fingerprint density at radius 3 is 2.61 bits per heavy atom. The second-order valence-electron chi connectivity index (χ2n) is 6.32. The number of benzene rings is 2. The maximum atomic E-state index is 12.6. The van der Waals surface area contributed by atoms with Gasteiger partial charge in [-0.15, -0.1) is 11.3 Å². The van der Waals surface area contributed by atoms with Gasteiger partial charge in [0, 0.05) is 17.1 Å². The predicted octanol–water partition coefficient (Wildman–Crippen LogP) is 4.62. The summed E-state index contributed by atoms with van der Waals surface area (Å²) in [6.07, 6.45) is 0.482. The quantitative estimate of drug-likeness (QED) is 0.385. The Hall–Kier alpha value is -2.44. The van der Waals surface area contributed by atoms with Crippen molar-refractivity contribution < 1.29 is 18.8 Å². The van der Waals surface area contributed by atoms with Crippen LogP contribution in [0.25, 0.3) is 10.4 Å². The summed E-state index contributed by atoms with van der Waals surface area (Å²) in [6, 6.07) is 16.5. The largest absolute Gasteiger partial charge is 0.397 e. The summed E-state index contributed by atoms with van der Waals surface area (Å²) in [5, 5.41) is 4.85. The zero-order chi connectivity index (χ0) is 20.1. The summed E-state index contributed by atoms with van der Waals surface area (Å²) in [4.78, 5) is 22.8. The molecule has 1 amide bonds. The molecular weight excluding hydrogens is 395 g/mol. The summed E-state index contributed by atoms with van der Waals surface area (Å²) >= 11 is 1.62. The van der Waals surface area contributed by atoms with Crippen LogP contribution in [-0.4, -0.2) is 24.1 Å². The van der Waals surface area contributed by atoms with E-state index in [2.05, 4.69) is 5.32 Å². The first-order valence-electron chi connectivity index (χ1n) is 8.60. The molecule has 146 valence electrons. The van der Waals surface area contributed by atoms with Crippen LogP contribution in [0.1, 0.15) is 15.9 Å². The van der Waals surface area contributed by atoms with E-state index in [1.165, 1.54) is 0 Å². The predicted molar refractivity (Wildman–Crippen MR) is 114 cm³/mol. The highest BCUT2D eigenvalue weighted by Gasteiger charge is 2.11. The van der Waals surface area contributed by atoms with Gasteiger partial charge in [-0.05, 0) is 53.3 Å². The fourth-order valence-corrected chi connectivity index (χ4v) is 3.76. The molecule has 0 saturated heterocycles. The fraction of sp³-hybridized carbons (Fsp3) is 0.150. The highest BCUT2D eigenvalue weighted by molar-refractivity contribution is 7.51. The Bertz CT molecular complexity index is 998. The van der Waals surface area contributed by atoms with Crippen molar-refractivity contribution in [2.24, 2.45) is 0 Å². The second kappa shape index (κ2) is 8.71. The van der Waals surface area contributed by atoms with Gasteiger partial charge < -0.3 is 20.5 Å². The third kappa shape index (κ3) is 5.53. The first-order valence-corrected chi connectivity index (χ1v) is 11.5. The van der Waals surface area contributed by atoms with Gasteiger partial charge in [0.1, 0.15) is 0 Å². The van der Waals surface area contributed by atoms with Crippen LogP contribution >= 0.6 is 18.9 Å². The summed E-state index contributed by atoms with van der Waals surface area (Å²) in [5.74, 6) is -0.258. The molecule has 4 N–H and O–H groups in total. The van der Waals surface area contributed by atoms with E-state index in [4.69, 9.17) is 15.2 Å². The summed E-state index contributed by atoms with van der Waals surface area (Å²) in [7, 11) is -3.47. The number of nitrogens with two attached hydrogens (primary N) is 1. The highest BCUT2D eigenvalue weighted by atomic mass is 32.1. The van der Waals surface area contributed by atoms with E-state index in [1.807, 2.05) is 29.6 Å². The number of hydrogen-bond donors (Lipinski definition) is 3. The molecule has 0 bridgehead atoms. The van der Waals surface area contributed by atoms with E-state index < -0.39 is 7.60 Å². The van der Waals surface area contributed by atoms with Crippen LogP contribution in [-0.2, 0) is 15.5 Å². The Morgan fingerprint density at radius 1 is 1.21 bits per heavy atom. The normalized spacial score (nSPS) is 13.1. The number of amides is 1. The highest BCUT2D eigenvalue weighted by Crippen LogP contribution is 2.36. The molecule has 0 aliphatic carbocycles. The number of rotatable bonds is 7. The third-order valence-corrected chi connectivity index (χ3v) is 5.63. The first kappa shape index (κ1) is 20.3. The average Bonchev–Trinajstić information content (AvgIpc) is 3.18. The van der Waals surface area contributed by atoms with E-state index in [9.17, 15) is 9.36 Å². The van der Waals surface area contributed by atoms with Crippen molar-refractivity contribution in [1.82, 2.24) is 0 Å². The lowest BCUT2D eigenvalue weighted by Crippen LogP contribution is -2.13. The molecular formula is C20H21N2O4PS. The van der Waals surface area contributed by atoms with Crippen molar-refractivity contribution in [2.45, 2.75) is 6.42 Å². The number of nitrogen functional groups attached to an aromatic ring is 1. The van der Waals surface area contributed by atoms with Gasteiger partial charge in [-0.1, -0.05) is 24.3 Å². The van der Waals surface area contributed by atoms with E-state index in [-0.39, 0.29) is 12.5 Å². The van der Waals surface area contributed by atoms with Crippen molar-refractivity contribution in [3.8, 4) is 10.4 Å². The standard InChI is InChI=1S/C20H21N2O4PS/c1-27(24,25)26-11-10-14-4-6-15(7-5-14)20(23)22-18-13-16(8-9-17(18)21)19-3-2-12-28-19/h2-9,12-13H,10-11,21H2,1H3,(H,22,23)(H,24,25). The molecule has 3 rings (SSSR count). The Balaban J connectivity index is 1.66. The van der Waals surface area contributed by atoms with Gasteiger partial charge in [0.2, 0.25) is 0 Å². The number of nitrogens with one attached hydrogen (secondary N) is 1. The number of hydrogen-bond acceptors (Lipinski definition) is 5. The minimum atomic E-state index is -3.47. The lowest BCUT2D eigenvalue weighted by Gasteiger charge is -2.11. The molecule has 0 aliphatic heterocycles. The zero-order valence-electron chi connectivity index (χ0n) is 15.3. The zero-order valence-corrected chi connectivity index (χ0v) is 17.0. The van der Waals surface area contributed by atoms with Crippen LogP contribution in [0.5, 0.6) is 0 Å². The molecule has 3 aromatic rings. The van der Waals surface area contributed by atoms with Crippen LogP contribution < -0.4 is 11.1 Å². The lowest BCUT2D eigenvalue weighted by atomic mass is 10.1. The second-order valence-corrected chi connectivity index (χ2v) is 9.13. The van der Waals surface area contributed by atoms with Crippen molar-refractivity contribution in [3.63, 3.8) is 0 Å². The van der Waals surface area contributed by atoms with Crippen molar-refractivity contribution in [2.75, 3.05) is 24.3 Å². The van der Waals surface area contributed by atoms with Gasteiger partial charge in [-0.3, -0.25) is 9.36 Å². The van der Waals surface area contributed by atoms with Crippen LogP contribution in [0, 0.1) is 0 Å². The molecule has 1 atom stereocenters. The van der Waals surface area contributed by atoms with E-state index >= 15 is 0 Å². The van der Waals surface area contributed by atoms with E-state index in [0.717, 1.165) is 22.7 Å². The lowest BCUT2D eigenvalue weighted by molar-refractivity contribution is 0.102. The van der Waals surface area contributed by atoms with Crippen LogP contribution in [0.4, 0.5) is 11.4 Å². The Labute approximate surface area is 167 Å². The molecule has 1 unspecified atom stereocenters. The molecule has 6 nitrogen and oxygen atoms in total. The van der Waals surface area contributed by atoms with E-state index in [1.54, 1.807) is 41.7 Å². The van der Waals surface area contributed by atoms with Crippen molar-refractivity contribution in [3.05, 3.63) is 71.1 Å². The van der Waals surface area contributed by atoms with Crippen LogP contribution in [0.15, 0.2) is 60.0 Å². The minimum absolute atomic E-state index is 0.141. The van der Waals surface area contributed by atoms with Gasteiger partial charge >= 0.3 is 7.60 Å². The molecule has 0 spiro atoms. The van der Waals surface area contributed by atoms with Gasteiger partial charge in [0.25, 0.3) is 5.91 Å². The Kier molecular flexibility index (Phi) is 6.31. The molecule has 0 saturated carbocycles.